The third-order valence-electron chi connectivity index (χ3n) is 10.6. The summed E-state index contributed by atoms with van der Waals surface area (Å²) < 4.78 is 8.69. The first-order valence-electron chi connectivity index (χ1n) is 19.7. The van der Waals surface area contributed by atoms with Gasteiger partial charge in [-0.15, -0.1) is 0 Å². The van der Waals surface area contributed by atoms with Gasteiger partial charge in [-0.1, -0.05) is 136 Å². The predicted molar refractivity (Wildman–Crippen MR) is 247 cm³/mol. The Morgan fingerprint density at radius 2 is 1.28 bits per heavy atom. The molecule has 0 aliphatic rings. The minimum atomic E-state index is -1.64. The van der Waals surface area contributed by atoms with Gasteiger partial charge in [0.15, 0.2) is 0 Å². The van der Waals surface area contributed by atoms with Gasteiger partial charge in [-0.25, -0.2) is 9.97 Å². The third kappa shape index (κ3) is 7.69. The molecule has 8 nitrogen and oxygen atoms in total. The lowest BCUT2D eigenvalue weighted by molar-refractivity contribution is 0.426. The van der Waals surface area contributed by atoms with E-state index in [1.807, 2.05) is 109 Å². The lowest BCUT2D eigenvalue weighted by atomic mass is 9.75. The van der Waals surface area contributed by atoms with Gasteiger partial charge in [-0.3, -0.25) is 4.57 Å². The first-order valence-corrected chi connectivity index (χ1v) is 20.1. The molecule has 0 atom stereocenters. The molecule has 10 heteroatoms. The van der Waals surface area contributed by atoms with E-state index in [9.17, 15) is 10.0 Å². The van der Waals surface area contributed by atoms with Crippen LogP contribution in [-0.2, 0) is 5.41 Å². The molecule has 3 heterocycles. The number of anilines is 4. The highest BCUT2D eigenvalue weighted by atomic mass is 35.5. The van der Waals surface area contributed by atoms with Gasteiger partial charge >= 0.3 is 7.12 Å². The Hall–Kier alpha value is -6.91. The van der Waals surface area contributed by atoms with Crippen LogP contribution in [0.2, 0.25) is 5.15 Å². The highest BCUT2D eigenvalue weighted by molar-refractivity contribution is 6.60. The van der Waals surface area contributed by atoms with Crippen molar-refractivity contribution in [1.29, 1.82) is 0 Å². The Balaban J connectivity index is 1.05. The number of halogens is 1. The molecule has 9 rings (SSSR count). The zero-order valence-electron chi connectivity index (χ0n) is 33.3. The molecule has 0 unspecified atom stereocenters. The van der Waals surface area contributed by atoms with Crippen LogP contribution in [0.3, 0.4) is 0 Å². The lowest BCUT2D eigenvalue weighted by Crippen LogP contribution is -2.31. The van der Waals surface area contributed by atoms with E-state index in [4.69, 9.17) is 21.3 Å². The molecule has 0 fully saturated rings. The number of fused-ring (bicyclic) bond motifs is 3. The van der Waals surface area contributed by atoms with Crippen molar-refractivity contribution in [2.75, 3.05) is 10.6 Å². The molecule has 0 bridgehead atoms. The summed E-state index contributed by atoms with van der Waals surface area (Å²) in [6, 6.07) is 53.5. The Kier molecular flexibility index (Phi) is 10.3. The maximum absolute atomic E-state index is 10.3. The molecule has 0 aliphatic carbocycles. The lowest BCUT2D eigenvalue weighted by Gasteiger charge is -2.21. The maximum atomic E-state index is 10.3. The third-order valence-corrected chi connectivity index (χ3v) is 10.8. The van der Waals surface area contributed by atoms with Crippen molar-refractivity contribution >= 4 is 68.9 Å². The number of benzene rings is 6. The quantitative estimate of drug-likeness (QED) is 0.0806. The number of rotatable bonds is 10. The van der Waals surface area contributed by atoms with E-state index in [0.717, 1.165) is 66.9 Å². The summed E-state index contributed by atoms with van der Waals surface area (Å²) in [6.45, 7) is 6.50. The first-order chi connectivity index (χ1) is 29.1. The van der Waals surface area contributed by atoms with Gasteiger partial charge in [-0.2, -0.15) is 0 Å². The summed E-state index contributed by atoms with van der Waals surface area (Å²) in [7, 11) is -1.64. The summed E-state index contributed by atoms with van der Waals surface area (Å²) in [5.74, 6) is 2.58. The molecular weight excluding hydrogens is 765 g/mol. The summed E-state index contributed by atoms with van der Waals surface area (Å²) in [6.07, 6.45) is 1.72. The second kappa shape index (κ2) is 16.0. The summed E-state index contributed by atoms with van der Waals surface area (Å²) >= 11 is 6.64. The van der Waals surface area contributed by atoms with Crippen molar-refractivity contribution in [3.8, 4) is 39.6 Å². The number of ether oxygens (including phenoxy) is 1. The number of pyridine rings is 2. The maximum Gasteiger partial charge on any atom is 0.489 e. The number of hydrogen-bond donors (Lipinski definition) is 4. The van der Waals surface area contributed by atoms with Crippen molar-refractivity contribution in [3.63, 3.8) is 0 Å². The fourth-order valence-corrected chi connectivity index (χ4v) is 7.89. The van der Waals surface area contributed by atoms with Crippen LogP contribution in [0.1, 0.15) is 26.3 Å². The number of hydrogen-bond acceptors (Lipinski definition) is 7. The van der Waals surface area contributed by atoms with Gasteiger partial charge < -0.3 is 25.4 Å². The summed E-state index contributed by atoms with van der Waals surface area (Å²) in [4.78, 5) is 9.44. The molecule has 0 radical (unpaired) electrons. The molecule has 0 aliphatic heterocycles. The van der Waals surface area contributed by atoms with E-state index in [0.29, 0.717) is 33.5 Å². The van der Waals surface area contributed by atoms with Crippen LogP contribution < -0.4 is 20.8 Å². The van der Waals surface area contributed by atoms with E-state index >= 15 is 0 Å². The minimum absolute atomic E-state index is 0.120. The predicted octanol–water partition coefficient (Wildman–Crippen LogP) is 11.8. The van der Waals surface area contributed by atoms with Crippen LogP contribution >= 0.6 is 11.6 Å². The molecule has 4 N–H and O–H groups in total. The zero-order chi connectivity index (χ0) is 41.4. The van der Waals surface area contributed by atoms with E-state index in [2.05, 4.69) is 83.4 Å². The highest BCUT2D eigenvalue weighted by Crippen LogP contribution is 2.41. The van der Waals surface area contributed by atoms with Gasteiger partial charge in [0, 0.05) is 40.2 Å². The van der Waals surface area contributed by atoms with Crippen molar-refractivity contribution in [3.05, 3.63) is 181 Å². The first kappa shape index (κ1) is 38.6. The minimum Gasteiger partial charge on any atom is -0.457 e. The van der Waals surface area contributed by atoms with Gasteiger partial charge in [-0.05, 0) is 76.1 Å². The number of nitrogens with one attached hydrogen (secondary N) is 2. The van der Waals surface area contributed by atoms with E-state index in [1.54, 1.807) is 18.3 Å². The SMILES string of the molecule is CC(C)(C)c1cc(Cl)nc(-n2c3ccccc3c3ccc(Oc4ccnc(Nc5ccccc5Nc5c(-c6ccccc6)cccc5-c5ccccc5B(O)O)c4)cc32)c1. The summed E-state index contributed by atoms with van der Waals surface area (Å²) in [5.41, 5.74) is 9.23. The normalized spacial score (nSPS) is 11.5. The van der Waals surface area contributed by atoms with Crippen LogP contribution in [0.4, 0.5) is 22.9 Å². The van der Waals surface area contributed by atoms with Crippen molar-refractivity contribution in [2.24, 2.45) is 0 Å². The fraction of sp³-hybridized carbons (Fsp3) is 0.0800. The molecular formula is C50H41BClN5O3. The molecule has 294 valence electrons. The van der Waals surface area contributed by atoms with E-state index in [-0.39, 0.29) is 5.41 Å². The van der Waals surface area contributed by atoms with Crippen molar-refractivity contribution in [2.45, 2.75) is 26.2 Å². The fourth-order valence-electron chi connectivity index (χ4n) is 7.68. The second-order valence-electron chi connectivity index (χ2n) is 15.6. The van der Waals surface area contributed by atoms with Crippen LogP contribution in [0, 0.1) is 0 Å². The Bertz CT molecular complexity index is 3020. The van der Waals surface area contributed by atoms with Crippen molar-refractivity contribution in [1.82, 2.24) is 14.5 Å². The smallest absolute Gasteiger partial charge is 0.457 e. The largest absolute Gasteiger partial charge is 0.489 e. The Morgan fingerprint density at radius 3 is 2.08 bits per heavy atom. The number of nitrogens with zero attached hydrogens (tertiary/aromatic N) is 3. The second-order valence-corrected chi connectivity index (χ2v) is 16.0. The molecule has 0 amide bonds. The zero-order valence-corrected chi connectivity index (χ0v) is 34.0. The van der Waals surface area contributed by atoms with Crippen molar-refractivity contribution < 1.29 is 14.8 Å². The highest BCUT2D eigenvalue weighted by Gasteiger charge is 2.22. The monoisotopic (exact) mass is 805 g/mol. The Morgan fingerprint density at radius 1 is 0.617 bits per heavy atom. The van der Waals surface area contributed by atoms with Crippen LogP contribution in [0.25, 0.3) is 49.9 Å². The standard InChI is InChI=1S/C50H41BClN5O3/c1-50(2,3)33-28-46(52)56-48(29-33)57-44-23-12-8-17-38(44)39-25-24-34(30-45(39)57)60-35-26-27-53-47(31-35)54-42-21-10-11-22-43(42)55-49-36(32-14-5-4-6-15-32)18-13-19-40(49)37-16-7-9-20-41(37)51(58)59/h4-31,55,58-59H,1-3H3,(H,53,54). The number of aromatic nitrogens is 3. The average molecular weight is 806 g/mol. The molecule has 9 aromatic rings. The Labute approximate surface area is 353 Å². The molecule has 0 saturated heterocycles. The molecule has 0 spiro atoms. The van der Waals surface area contributed by atoms with E-state index in [1.165, 1.54) is 0 Å². The molecule has 6 aromatic carbocycles. The van der Waals surface area contributed by atoms with Gasteiger partial charge in [0.25, 0.3) is 0 Å². The van der Waals surface area contributed by atoms with Gasteiger partial charge in [0.05, 0.1) is 28.1 Å². The molecule has 3 aromatic heterocycles. The number of para-hydroxylation sites is 4. The molecule has 60 heavy (non-hydrogen) atoms. The van der Waals surface area contributed by atoms with Gasteiger partial charge in [0.2, 0.25) is 0 Å². The summed E-state index contributed by atoms with van der Waals surface area (Å²) in [5, 5.41) is 30.5. The van der Waals surface area contributed by atoms with Crippen LogP contribution in [0.15, 0.2) is 170 Å². The van der Waals surface area contributed by atoms with E-state index < -0.39 is 7.12 Å². The van der Waals surface area contributed by atoms with Crippen LogP contribution in [0.5, 0.6) is 11.5 Å². The topological polar surface area (TPSA) is 104 Å². The molecule has 0 saturated carbocycles. The van der Waals surface area contributed by atoms with Gasteiger partial charge in [0.1, 0.15) is 28.3 Å². The average Bonchev–Trinajstić information content (AvgIpc) is 3.58. The van der Waals surface area contributed by atoms with Crippen LogP contribution in [-0.4, -0.2) is 31.7 Å².